The van der Waals surface area contributed by atoms with E-state index < -0.39 is 12.0 Å². The number of ether oxygens (including phenoxy) is 1. The Kier molecular flexibility index (Phi) is 6.83. The molecular weight excluding hydrogens is 284 g/mol. The third kappa shape index (κ3) is 5.46. The molecule has 1 rings (SSSR count). The maximum Gasteiger partial charge on any atom is 0.335 e. The van der Waals surface area contributed by atoms with Gasteiger partial charge in [-0.2, -0.15) is 0 Å². The molecule has 2 amide bonds. The first-order valence-electron chi connectivity index (χ1n) is 6.20. The summed E-state index contributed by atoms with van der Waals surface area (Å²) in [5.41, 5.74) is 0.427. The number of carbonyl (C=O) groups is 2. The lowest BCUT2D eigenvalue weighted by Gasteiger charge is -2.09. The van der Waals surface area contributed by atoms with Crippen molar-refractivity contribution in [1.29, 1.82) is 0 Å². The zero-order valence-electron chi connectivity index (χ0n) is 11.1. The third-order valence-electron chi connectivity index (χ3n) is 2.42. The van der Waals surface area contributed by atoms with Crippen molar-refractivity contribution in [3.8, 4) is 0 Å². The maximum absolute atomic E-state index is 11.6. The van der Waals surface area contributed by atoms with Crippen LogP contribution < -0.4 is 10.6 Å². The molecule has 0 unspecified atom stereocenters. The van der Waals surface area contributed by atoms with Gasteiger partial charge in [0.2, 0.25) is 0 Å². The highest BCUT2D eigenvalue weighted by Gasteiger charge is 2.09. The van der Waals surface area contributed by atoms with E-state index in [9.17, 15) is 9.59 Å². The van der Waals surface area contributed by atoms with E-state index in [1.54, 1.807) is 0 Å². The molecule has 0 aliphatic carbocycles. The van der Waals surface area contributed by atoms with Gasteiger partial charge < -0.3 is 20.5 Å². The SMILES string of the molecule is CCOCCCNC(=O)Nc1ccc(C(=O)O)cc1Cl. The molecule has 0 saturated heterocycles. The summed E-state index contributed by atoms with van der Waals surface area (Å²) in [6.45, 7) is 3.63. The fourth-order valence-corrected chi connectivity index (χ4v) is 1.66. The monoisotopic (exact) mass is 300 g/mol. The van der Waals surface area contributed by atoms with E-state index in [0.717, 1.165) is 0 Å². The number of urea groups is 1. The first-order chi connectivity index (χ1) is 9.54. The van der Waals surface area contributed by atoms with Crippen LogP contribution in [0, 0.1) is 0 Å². The van der Waals surface area contributed by atoms with Gasteiger partial charge >= 0.3 is 12.0 Å². The third-order valence-corrected chi connectivity index (χ3v) is 2.73. The van der Waals surface area contributed by atoms with Gasteiger partial charge in [0.1, 0.15) is 0 Å². The first kappa shape index (κ1) is 16.3. The van der Waals surface area contributed by atoms with E-state index in [-0.39, 0.29) is 10.6 Å². The number of rotatable bonds is 7. The molecule has 0 aromatic heterocycles. The second-order valence-electron chi connectivity index (χ2n) is 3.93. The number of amides is 2. The molecule has 1 aromatic rings. The zero-order valence-corrected chi connectivity index (χ0v) is 11.9. The lowest BCUT2D eigenvalue weighted by Crippen LogP contribution is -2.30. The molecule has 0 spiro atoms. The molecular formula is C13H17ClN2O4. The Morgan fingerprint density at radius 2 is 2.15 bits per heavy atom. The molecule has 0 saturated carbocycles. The lowest BCUT2D eigenvalue weighted by atomic mass is 10.2. The van der Waals surface area contributed by atoms with Crippen molar-refractivity contribution >= 4 is 29.3 Å². The van der Waals surface area contributed by atoms with E-state index in [0.29, 0.717) is 31.9 Å². The second-order valence-corrected chi connectivity index (χ2v) is 4.34. The van der Waals surface area contributed by atoms with E-state index in [2.05, 4.69) is 10.6 Å². The number of carboxylic acids is 1. The standard InChI is InChI=1S/C13H17ClN2O4/c1-2-20-7-3-6-15-13(19)16-11-5-4-9(12(17)18)8-10(11)14/h4-5,8H,2-3,6-7H2,1H3,(H,17,18)(H2,15,16,19). The zero-order chi connectivity index (χ0) is 15.0. The molecule has 0 fully saturated rings. The minimum Gasteiger partial charge on any atom is -0.478 e. The average molecular weight is 301 g/mol. The Labute approximate surface area is 122 Å². The van der Waals surface area contributed by atoms with Crippen molar-refractivity contribution in [1.82, 2.24) is 5.32 Å². The summed E-state index contributed by atoms with van der Waals surface area (Å²) < 4.78 is 5.14. The fraction of sp³-hybridized carbons (Fsp3) is 0.385. The number of hydrogen-bond donors (Lipinski definition) is 3. The van der Waals surface area contributed by atoms with Gasteiger partial charge in [-0.1, -0.05) is 11.6 Å². The quantitative estimate of drug-likeness (QED) is 0.675. The first-order valence-corrected chi connectivity index (χ1v) is 6.57. The highest BCUT2D eigenvalue weighted by molar-refractivity contribution is 6.34. The maximum atomic E-state index is 11.6. The Morgan fingerprint density at radius 1 is 1.40 bits per heavy atom. The van der Waals surface area contributed by atoms with Crippen LogP contribution in [0.2, 0.25) is 5.02 Å². The number of hydrogen-bond acceptors (Lipinski definition) is 3. The van der Waals surface area contributed by atoms with Crippen LogP contribution in [0.5, 0.6) is 0 Å². The van der Waals surface area contributed by atoms with Crippen molar-refractivity contribution in [2.75, 3.05) is 25.1 Å². The van der Waals surface area contributed by atoms with Gasteiger partial charge in [0, 0.05) is 19.8 Å². The summed E-state index contributed by atoms with van der Waals surface area (Å²) in [6, 6.07) is 3.71. The minimum atomic E-state index is -1.07. The van der Waals surface area contributed by atoms with Gasteiger partial charge in [-0.05, 0) is 31.5 Å². The predicted molar refractivity (Wildman–Crippen MR) is 76.5 cm³/mol. The van der Waals surface area contributed by atoms with Crippen molar-refractivity contribution in [2.45, 2.75) is 13.3 Å². The normalized spacial score (nSPS) is 10.1. The van der Waals surface area contributed by atoms with Crippen LogP contribution in [0.25, 0.3) is 0 Å². The Balaban J connectivity index is 2.44. The number of carbonyl (C=O) groups excluding carboxylic acids is 1. The topological polar surface area (TPSA) is 87.7 Å². The van der Waals surface area contributed by atoms with Crippen LogP contribution in [0.1, 0.15) is 23.7 Å². The number of carboxylic acid groups (broad SMARTS) is 1. The largest absolute Gasteiger partial charge is 0.478 e. The Hall–Kier alpha value is -1.79. The number of halogens is 1. The molecule has 110 valence electrons. The molecule has 3 N–H and O–H groups in total. The van der Waals surface area contributed by atoms with Crippen molar-refractivity contribution in [2.24, 2.45) is 0 Å². The lowest BCUT2D eigenvalue weighted by molar-refractivity contribution is 0.0697. The Bertz CT molecular complexity index is 479. The van der Waals surface area contributed by atoms with Crippen LogP contribution >= 0.6 is 11.6 Å². The minimum absolute atomic E-state index is 0.0673. The van der Waals surface area contributed by atoms with Crippen molar-refractivity contribution < 1.29 is 19.4 Å². The van der Waals surface area contributed by atoms with E-state index in [1.807, 2.05) is 6.92 Å². The van der Waals surface area contributed by atoms with Crippen LogP contribution in [-0.2, 0) is 4.74 Å². The van der Waals surface area contributed by atoms with Gasteiger partial charge in [-0.25, -0.2) is 9.59 Å². The van der Waals surface area contributed by atoms with Gasteiger partial charge in [0.05, 0.1) is 16.3 Å². The molecule has 1 aromatic carbocycles. The summed E-state index contributed by atoms with van der Waals surface area (Å²) in [5.74, 6) is -1.07. The molecule has 0 bridgehead atoms. The van der Waals surface area contributed by atoms with E-state index in [4.69, 9.17) is 21.4 Å². The Morgan fingerprint density at radius 3 is 2.75 bits per heavy atom. The summed E-state index contributed by atoms with van der Waals surface area (Å²) in [6.07, 6.45) is 0.715. The average Bonchev–Trinajstić information content (AvgIpc) is 2.40. The van der Waals surface area contributed by atoms with Gasteiger partial charge in [0.15, 0.2) is 0 Å². The van der Waals surface area contributed by atoms with Gasteiger partial charge in [-0.3, -0.25) is 0 Å². The number of benzene rings is 1. The molecule has 7 heteroatoms. The summed E-state index contributed by atoms with van der Waals surface area (Å²) in [4.78, 5) is 22.3. The van der Waals surface area contributed by atoms with Crippen LogP contribution in [0.3, 0.4) is 0 Å². The predicted octanol–water partition coefficient (Wildman–Crippen LogP) is 2.59. The molecule has 0 atom stereocenters. The second kappa shape index (κ2) is 8.39. The van der Waals surface area contributed by atoms with Gasteiger partial charge in [0.25, 0.3) is 0 Å². The molecule has 20 heavy (non-hydrogen) atoms. The highest BCUT2D eigenvalue weighted by Crippen LogP contribution is 2.22. The molecule has 0 radical (unpaired) electrons. The summed E-state index contributed by atoms with van der Waals surface area (Å²) in [5, 5.41) is 14.2. The number of nitrogens with one attached hydrogen (secondary N) is 2. The van der Waals surface area contributed by atoms with Crippen LogP contribution in [0.4, 0.5) is 10.5 Å². The van der Waals surface area contributed by atoms with Crippen molar-refractivity contribution in [3.63, 3.8) is 0 Å². The van der Waals surface area contributed by atoms with Gasteiger partial charge in [-0.15, -0.1) is 0 Å². The highest BCUT2D eigenvalue weighted by atomic mass is 35.5. The smallest absolute Gasteiger partial charge is 0.335 e. The fourth-order valence-electron chi connectivity index (χ4n) is 1.44. The van der Waals surface area contributed by atoms with Crippen LogP contribution in [-0.4, -0.2) is 36.9 Å². The van der Waals surface area contributed by atoms with E-state index >= 15 is 0 Å². The number of anilines is 1. The molecule has 0 aliphatic rings. The van der Waals surface area contributed by atoms with Crippen molar-refractivity contribution in [3.05, 3.63) is 28.8 Å². The van der Waals surface area contributed by atoms with Crippen LogP contribution in [0.15, 0.2) is 18.2 Å². The molecule has 0 aliphatic heterocycles. The summed E-state index contributed by atoms with van der Waals surface area (Å²) in [7, 11) is 0. The van der Waals surface area contributed by atoms with E-state index in [1.165, 1.54) is 18.2 Å². The molecule has 0 heterocycles. The summed E-state index contributed by atoms with van der Waals surface area (Å²) >= 11 is 5.89. The number of aromatic carboxylic acids is 1. The molecule has 6 nitrogen and oxygen atoms in total.